The molecule has 0 bridgehead atoms. The van der Waals surface area contributed by atoms with Gasteiger partial charge in [-0.15, -0.1) is 0 Å². The third-order valence-electron chi connectivity index (χ3n) is 3.24. The topological polar surface area (TPSA) is 70.2 Å². The van der Waals surface area contributed by atoms with Crippen LogP contribution in [0.2, 0.25) is 5.02 Å². The number of anilines is 2. The summed E-state index contributed by atoms with van der Waals surface area (Å²) in [5.74, 6) is -0.302. The maximum atomic E-state index is 11.9. The lowest BCUT2D eigenvalue weighted by Gasteiger charge is -2.09. The summed E-state index contributed by atoms with van der Waals surface area (Å²) in [7, 11) is 0. The predicted octanol–water partition coefficient (Wildman–Crippen LogP) is 3.53. The Morgan fingerprint density at radius 2 is 1.79 bits per heavy atom. The average Bonchev–Trinajstić information content (AvgIpc) is 2.60. The van der Waals surface area contributed by atoms with Crippen LogP contribution in [0.25, 0.3) is 0 Å². The summed E-state index contributed by atoms with van der Waals surface area (Å²) in [6.45, 7) is 2.74. The smallest absolute Gasteiger partial charge is 0.251 e. The normalized spacial score (nSPS) is 10.1. The second-order valence-electron chi connectivity index (χ2n) is 5.25. The first kappa shape index (κ1) is 17.8. The van der Waals surface area contributed by atoms with Gasteiger partial charge in [-0.3, -0.25) is 9.59 Å². The molecule has 0 fully saturated rings. The number of rotatable bonds is 7. The lowest BCUT2D eigenvalue weighted by Crippen LogP contribution is -2.24. The highest BCUT2D eigenvalue weighted by molar-refractivity contribution is 6.30. The molecule has 2 aromatic carbocycles. The van der Waals surface area contributed by atoms with Gasteiger partial charge in [-0.2, -0.15) is 0 Å². The number of carbonyl (C=O) groups excluding carboxylic acids is 2. The number of amides is 2. The van der Waals surface area contributed by atoms with Crippen molar-refractivity contribution in [3.8, 4) is 0 Å². The van der Waals surface area contributed by atoms with E-state index in [9.17, 15) is 9.59 Å². The first-order valence-corrected chi connectivity index (χ1v) is 8.14. The molecule has 0 spiro atoms. The molecule has 0 aliphatic rings. The summed E-state index contributed by atoms with van der Waals surface area (Å²) < 4.78 is 0. The standard InChI is InChI=1S/C18H20ClN3O2/c1-2-10-20-18(24)13-4-3-5-16(11-13)21-12-17(23)22-15-8-6-14(19)7-9-15/h3-9,11,21H,2,10,12H2,1H3,(H,20,24)(H,22,23). The molecular formula is C18H20ClN3O2. The Hall–Kier alpha value is -2.53. The molecule has 24 heavy (non-hydrogen) atoms. The summed E-state index contributed by atoms with van der Waals surface area (Å²) in [5.41, 5.74) is 1.95. The Bertz CT molecular complexity index is 702. The van der Waals surface area contributed by atoms with Gasteiger partial charge in [-0.25, -0.2) is 0 Å². The van der Waals surface area contributed by atoms with E-state index in [2.05, 4.69) is 16.0 Å². The molecule has 0 atom stereocenters. The van der Waals surface area contributed by atoms with E-state index in [4.69, 9.17) is 11.6 Å². The SMILES string of the molecule is CCCNC(=O)c1cccc(NCC(=O)Nc2ccc(Cl)cc2)c1. The Morgan fingerprint density at radius 1 is 1.04 bits per heavy atom. The number of nitrogens with one attached hydrogen (secondary N) is 3. The second kappa shape index (κ2) is 8.93. The van der Waals surface area contributed by atoms with Crippen molar-refractivity contribution >= 4 is 34.8 Å². The minimum absolute atomic E-state index is 0.0999. The molecule has 6 heteroatoms. The van der Waals surface area contributed by atoms with Crippen LogP contribution in [-0.4, -0.2) is 24.9 Å². The van der Waals surface area contributed by atoms with Crippen LogP contribution < -0.4 is 16.0 Å². The van der Waals surface area contributed by atoms with Crippen LogP contribution in [0, 0.1) is 0 Å². The Morgan fingerprint density at radius 3 is 2.50 bits per heavy atom. The quantitative estimate of drug-likeness (QED) is 0.719. The molecule has 2 amide bonds. The van der Waals surface area contributed by atoms with E-state index < -0.39 is 0 Å². The van der Waals surface area contributed by atoms with Crippen molar-refractivity contribution in [2.45, 2.75) is 13.3 Å². The zero-order valence-electron chi connectivity index (χ0n) is 13.4. The summed E-state index contributed by atoms with van der Waals surface area (Å²) in [5, 5.41) is 9.21. The van der Waals surface area contributed by atoms with Crippen LogP contribution in [-0.2, 0) is 4.79 Å². The van der Waals surface area contributed by atoms with Crippen molar-refractivity contribution in [2.24, 2.45) is 0 Å². The van der Waals surface area contributed by atoms with Gasteiger partial charge >= 0.3 is 0 Å². The van der Waals surface area contributed by atoms with Gasteiger partial charge in [-0.1, -0.05) is 24.6 Å². The minimum Gasteiger partial charge on any atom is -0.376 e. The number of carbonyl (C=O) groups is 2. The predicted molar refractivity (Wildman–Crippen MR) is 97.6 cm³/mol. The monoisotopic (exact) mass is 345 g/mol. The average molecular weight is 346 g/mol. The number of hydrogen-bond acceptors (Lipinski definition) is 3. The molecule has 2 aromatic rings. The van der Waals surface area contributed by atoms with Gasteiger partial charge in [0.25, 0.3) is 5.91 Å². The van der Waals surface area contributed by atoms with E-state index >= 15 is 0 Å². The molecule has 0 heterocycles. The van der Waals surface area contributed by atoms with Crippen molar-refractivity contribution in [1.82, 2.24) is 5.32 Å². The van der Waals surface area contributed by atoms with Gasteiger partial charge in [0.2, 0.25) is 5.91 Å². The van der Waals surface area contributed by atoms with Crippen LogP contribution in [0.15, 0.2) is 48.5 Å². The third kappa shape index (κ3) is 5.59. The van der Waals surface area contributed by atoms with Crippen molar-refractivity contribution in [1.29, 1.82) is 0 Å². The van der Waals surface area contributed by atoms with Crippen LogP contribution in [0.1, 0.15) is 23.7 Å². The number of benzene rings is 2. The summed E-state index contributed by atoms with van der Waals surface area (Å²) in [6, 6.07) is 13.9. The zero-order valence-corrected chi connectivity index (χ0v) is 14.2. The molecule has 0 aliphatic carbocycles. The number of hydrogen-bond donors (Lipinski definition) is 3. The summed E-state index contributed by atoms with van der Waals surface area (Å²) >= 11 is 5.80. The van der Waals surface area contributed by atoms with Gasteiger partial charge in [0.1, 0.15) is 0 Å². The maximum Gasteiger partial charge on any atom is 0.251 e. The third-order valence-corrected chi connectivity index (χ3v) is 3.49. The van der Waals surface area contributed by atoms with Crippen LogP contribution in [0.3, 0.4) is 0 Å². The van der Waals surface area contributed by atoms with Gasteiger partial charge in [0.05, 0.1) is 6.54 Å². The summed E-state index contributed by atoms with van der Waals surface area (Å²) in [4.78, 5) is 23.9. The number of halogens is 1. The van der Waals surface area contributed by atoms with Gasteiger partial charge in [0, 0.05) is 28.5 Å². The minimum atomic E-state index is -0.182. The van der Waals surface area contributed by atoms with E-state index in [0.29, 0.717) is 28.5 Å². The molecule has 0 aromatic heterocycles. The molecule has 0 saturated heterocycles. The van der Waals surface area contributed by atoms with Crippen molar-refractivity contribution in [3.63, 3.8) is 0 Å². The maximum absolute atomic E-state index is 11.9. The first-order valence-electron chi connectivity index (χ1n) is 7.76. The Labute approximate surface area is 146 Å². The molecule has 2 rings (SSSR count). The molecule has 126 valence electrons. The first-order chi connectivity index (χ1) is 11.6. The highest BCUT2D eigenvalue weighted by Crippen LogP contribution is 2.14. The Balaban J connectivity index is 1.88. The van der Waals surface area contributed by atoms with Crippen molar-refractivity contribution in [2.75, 3.05) is 23.7 Å². The van der Waals surface area contributed by atoms with E-state index in [1.54, 1.807) is 42.5 Å². The van der Waals surface area contributed by atoms with Gasteiger partial charge in [0.15, 0.2) is 0 Å². The van der Waals surface area contributed by atoms with E-state index in [0.717, 1.165) is 6.42 Å². The fourth-order valence-corrected chi connectivity index (χ4v) is 2.16. The lowest BCUT2D eigenvalue weighted by atomic mass is 10.2. The van der Waals surface area contributed by atoms with Crippen LogP contribution >= 0.6 is 11.6 Å². The molecule has 5 nitrogen and oxygen atoms in total. The van der Waals surface area contributed by atoms with Crippen LogP contribution in [0.5, 0.6) is 0 Å². The Kier molecular flexibility index (Phi) is 6.63. The van der Waals surface area contributed by atoms with Crippen molar-refractivity contribution < 1.29 is 9.59 Å². The molecule has 3 N–H and O–H groups in total. The zero-order chi connectivity index (χ0) is 17.4. The van der Waals surface area contributed by atoms with Crippen molar-refractivity contribution in [3.05, 3.63) is 59.1 Å². The van der Waals surface area contributed by atoms with Gasteiger partial charge in [-0.05, 0) is 48.9 Å². The van der Waals surface area contributed by atoms with E-state index in [1.165, 1.54) is 0 Å². The fraction of sp³-hybridized carbons (Fsp3) is 0.222. The fourth-order valence-electron chi connectivity index (χ4n) is 2.03. The molecule has 0 saturated carbocycles. The highest BCUT2D eigenvalue weighted by Gasteiger charge is 2.06. The van der Waals surface area contributed by atoms with E-state index in [1.807, 2.05) is 13.0 Å². The second-order valence-corrected chi connectivity index (χ2v) is 5.68. The van der Waals surface area contributed by atoms with E-state index in [-0.39, 0.29) is 18.4 Å². The summed E-state index contributed by atoms with van der Waals surface area (Å²) in [6.07, 6.45) is 0.883. The lowest BCUT2D eigenvalue weighted by molar-refractivity contribution is -0.114. The van der Waals surface area contributed by atoms with Crippen LogP contribution in [0.4, 0.5) is 11.4 Å². The molecule has 0 unspecified atom stereocenters. The molecule has 0 aliphatic heterocycles. The highest BCUT2D eigenvalue weighted by atomic mass is 35.5. The van der Waals surface area contributed by atoms with Gasteiger partial charge < -0.3 is 16.0 Å². The molecular weight excluding hydrogens is 326 g/mol. The molecule has 0 radical (unpaired) electrons. The largest absolute Gasteiger partial charge is 0.376 e.